The van der Waals surface area contributed by atoms with E-state index >= 15 is 0 Å². The molecule has 26 heavy (non-hydrogen) atoms. The van der Waals surface area contributed by atoms with E-state index in [2.05, 4.69) is 5.32 Å². The van der Waals surface area contributed by atoms with Gasteiger partial charge in [-0.1, -0.05) is 29.8 Å². The zero-order valence-corrected chi connectivity index (χ0v) is 15.5. The first-order valence-corrected chi connectivity index (χ1v) is 9.08. The number of likely N-dealkylation sites (tertiary alicyclic amines) is 1. The van der Waals surface area contributed by atoms with Crippen LogP contribution in [0.5, 0.6) is 5.75 Å². The highest BCUT2D eigenvalue weighted by Gasteiger charge is 2.24. The van der Waals surface area contributed by atoms with Crippen LogP contribution >= 0.6 is 11.6 Å². The number of ether oxygens (including phenoxy) is 2. The molecule has 1 fully saturated rings. The number of carbonyl (C=O) groups excluding carboxylic acids is 1. The minimum atomic E-state index is -0.123. The van der Waals surface area contributed by atoms with E-state index in [0.717, 1.165) is 30.7 Å². The number of halogens is 1. The standard InChI is InChI=1S/C20H23ClN2O3/c1-25-18-8-2-5-15(11-18)14-26-19-9-4-10-23(13-19)20(24)22-17-7-3-6-16(21)12-17/h2-3,5-8,11-12,19H,4,9-10,13-14H2,1H3,(H,22,24). The predicted octanol–water partition coefficient (Wildman–Crippen LogP) is 4.56. The van der Waals surface area contributed by atoms with Crippen LogP contribution in [0, 0.1) is 0 Å². The molecule has 5 nitrogen and oxygen atoms in total. The molecule has 1 atom stereocenters. The van der Waals surface area contributed by atoms with Crippen molar-refractivity contribution in [2.24, 2.45) is 0 Å². The molecule has 1 unspecified atom stereocenters. The van der Waals surface area contributed by atoms with Gasteiger partial charge < -0.3 is 19.7 Å². The fourth-order valence-corrected chi connectivity index (χ4v) is 3.19. The van der Waals surface area contributed by atoms with E-state index in [1.54, 1.807) is 24.1 Å². The fraction of sp³-hybridized carbons (Fsp3) is 0.350. The number of rotatable bonds is 5. The van der Waals surface area contributed by atoms with E-state index < -0.39 is 0 Å². The number of amides is 2. The maximum atomic E-state index is 12.5. The number of benzene rings is 2. The van der Waals surface area contributed by atoms with E-state index in [0.29, 0.717) is 23.9 Å². The number of piperidine rings is 1. The lowest BCUT2D eigenvalue weighted by atomic mass is 10.1. The highest BCUT2D eigenvalue weighted by molar-refractivity contribution is 6.30. The first kappa shape index (κ1) is 18.5. The molecular weight excluding hydrogens is 352 g/mol. The molecule has 138 valence electrons. The van der Waals surface area contributed by atoms with Crippen molar-refractivity contribution in [3.05, 3.63) is 59.1 Å². The van der Waals surface area contributed by atoms with Gasteiger partial charge in [-0.25, -0.2) is 4.79 Å². The highest BCUT2D eigenvalue weighted by Crippen LogP contribution is 2.20. The van der Waals surface area contributed by atoms with Crippen LogP contribution in [0.4, 0.5) is 10.5 Å². The molecule has 2 aromatic carbocycles. The van der Waals surface area contributed by atoms with Crippen molar-refractivity contribution in [3.8, 4) is 5.75 Å². The van der Waals surface area contributed by atoms with Gasteiger partial charge in [0.15, 0.2) is 0 Å². The first-order valence-electron chi connectivity index (χ1n) is 8.70. The molecule has 2 aromatic rings. The van der Waals surface area contributed by atoms with Crippen LogP contribution < -0.4 is 10.1 Å². The van der Waals surface area contributed by atoms with Gasteiger partial charge in [0.25, 0.3) is 0 Å². The monoisotopic (exact) mass is 374 g/mol. The van der Waals surface area contributed by atoms with Crippen LogP contribution in [0.15, 0.2) is 48.5 Å². The summed E-state index contributed by atoms with van der Waals surface area (Å²) in [6.45, 7) is 1.81. The summed E-state index contributed by atoms with van der Waals surface area (Å²) in [5.74, 6) is 0.817. The van der Waals surface area contributed by atoms with Gasteiger partial charge in [-0.2, -0.15) is 0 Å². The van der Waals surface area contributed by atoms with Gasteiger partial charge in [0.05, 0.1) is 19.8 Å². The summed E-state index contributed by atoms with van der Waals surface area (Å²) in [4.78, 5) is 14.3. The quantitative estimate of drug-likeness (QED) is 0.834. The van der Waals surface area contributed by atoms with E-state index in [4.69, 9.17) is 21.1 Å². The van der Waals surface area contributed by atoms with Crippen LogP contribution in [0.3, 0.4) is 0 Å². The zero-order valence-electron chi connectivity index (χ0n) is 14.8. The van der Waals surface area contributed by atoms with Crippen molar-refractivity contribution in [2.45, 2.75) is 25.6 Å². The number of hydrogen-bond donors (Lipinski definition) is 1. The summed E-state index contributed by atoms with van der Waals surface area (Å²) in [5.41, 5.74) is 1.76. The topological polar surface area (TPSA) is 50.8 Å². The average molecular weight is 375 g/mol. The van der Waals surface area contributed by atoms with Gasteiger partial charge in [0, 0.05) is 23.8 Å². The zero-order chi connectivity index (χ0) is 18.4. The average Bonchev–Trinajstić information content (AvgIpc) is 2.67. The highest BCUT2D eigenvalue weighted by atomic mass is 35.5. The molecule has 0 radical (unpaired) electrons. The molecule has 1 N–H and O–H groups in total. The lowest BCUT2D eigenvalue weighted by Crippen LogP contribution is -2.45. The molecule has 0 saturated carbocycles. The number of methoxy groups -OCH3 is 1. The lowest BCUT2D eigenvalue weighted by Gasteiger charge is -2.32. The Morgan fingerprint density at radius 3 is 2.92 bits per heavy atom. The van der Waals surface area contributed by atoms with Crippen molar-refractivity contribution in [3.63, 3.8) is 0 Å². The van der Waals surface area contributed by atoms with Crippen LogP contribution in [-0.2, 0) is 11.3 Å². The molecule has 1 aliphatic heterocycles. The van der Waals surface area contributed by atoms with Crippen molar-refractivity contribution in [1.29, 1.82) is 0 Å². The number of urea groups is 1. The largest absolute Gasteiger partial charge is 0.497 e. The van der Waals surface area contributed by atoms with Gasteiger partial charge in [0.2, 0.25) is 0 Å². The Labute approximate surface area is 158 Å². The van der Waals surface area contributed by atoms with Crippen molar-refractivity contribution in [1.82, 2.24) is 4.90 Å². The lowest BCUT2D eigenvalue weighted by molar-refractivity contribution is 0.000965. The van der Waals surface area contributed by atoms with Crippen molar-refractivity contribution in [2.75, 3.05) is 25.5 Å². The van der Waals surface area contributed by atoms with Gasteiger partial charge in [0.1, 0.15) is 5.75 Å². The minimum absolute atomic E-state index is 0.0278. The van der Waals surface area contributed by atoms with E-state index in [9.17, 15) is 4.79 Å². The second-order valence-corrected chi connectivity index (χ2v) is 6.75. The van der Waals surface area contributed by atoms with Crippen LogP contribution in [0.1, 0.15) is 18.4 Å². The Morgan fingerprint density at radius 2 is 2.12 bits per heavy atom. The Bertz CT molecular complexity index is 753. The number of carbonyl (C=O) groups is 1. The molecule has 0 bridgehead atoms. The summed E-state index contributed by atoms with van der Waals surface area (Å²) < 4.78 is 11.3. The number of nitrogens with one attached hydrogen (secondary N) is 1. The van der Waals surface area contributed by atoms with Gasteiger partial charge >= 0.3 is 6.03 Å². The van der Waals surface area contributed by atoms with Gasteiger partial charge in [-0.05, 0) is 48.7 Å². The molecule has 0 aliphatic carbocycles. The van der Waals surface area contributed by atoms with E-state index in [1.165, 1.54) is 0 Å². The Morgan fingerprint density at radius 1 is 1.27 bits per heavy atom. The summed E-state index contributed by atoms with van der Waals surface area (Å²) in [6.07, 6.45) is 1.90. The van der Waals surface area contributed by atoms with Gasteiger partial charge in [-0.3, -0.25) is 0 Å². The number of anilines is 1. The van der Waals surface area contributed by atoms with Gasteiger partial charge in [-0.15, -0.1) is 0 Å². The molecule has 0 spiro atoms. The second-order valence-electron chi connectivity index (χ2n) is 6.31. The fourth-order valence-electron chi connectivity index (χ4n) is 3.00. The number of hydrogen-bond acceptors (Lipinski definition) is 3. The summed E-state index contributed by atoms with van der Waals surface area (Å²) in [6, 6.07) is 14.9. The van der Waals surface area contributed by atoms with Crippen LogP contribution in [-0.4, -0.2) is 37.2 Å². The Hall–Kier alpha value is -2.24. The molecule has 6 heteroatoms. The maximum Gasteiger partial charge on any atom is 0.321 e. The third-order valence-electron chi connectivity index (χ3n) is 4.36. The predicted molar refractivity (Wildman–Crippen MR) is 103 cm³/mol. The second kappa shape index (κ2) is 8.92. The molecule has 1 saturated heterocycles. The summed E-state index contributed by atoms with van der Waals surface area (Å²) in [5, 5.41) is 3.49. The summed E-state index contributed by atoms with van der Waals surface area (Å²) >= 11 is 5.96. The van der Waals surface area contributed by atoms with E-state index in [1.807, 2.05) is 36.4 Å². The smallest absolute Gasteiger partial charge is 0.321 e. The summed E-state index contributed by atoms with van der Waals surface area (Å²) in [7, 11) is 1.65. The SMILES string of the molecule is COc1cccc(COC2CCCN(C(=O)Nc3cccc(Cl)c3)C2)c1. The minimum Gasteiger partial charge on any atom is -0.497 e. The normalized spacial score (nSPS) is 17.0. The Kier molecular flexibility index (Phi) is 6.36. The third kappa shape index (κ3) is 5.13. The molecule has 2 amide bonds. The first-order chi connectivity index (χ1) is 12.6. The molecular formula is C20H23ClN2O3. The molecule has 1 aliphatic rings. The van der Waals surface area contributed by atoms with Crippen LogP contribution in [0.25, 0.3) is 0 Å². The molecule has 0 aromatic heterocycles. The molecule has 1 heterocycles. The number of nitrogens with zero attached hydrogens (tertiary/aromatic N) is 1. The van der Waals surface area contributed by atoms with Crippen molar-refractivity contribution < 1.29 is 14.3 Å². The van der Waals surface area contributed by atoms with Crippen LogP contribution in [0.2, 0.25) is 5.02 Å². The molecule has 3 rings (SSSR count). The Balaban J connectivity index is 1.52. The van der Waals surface area contributed by atoms with Crippen molar-refractivity contribution >= 4 is 23.3 Å². The van der Waals surface area contributed by atoms with E-state index in [-0.39, 0.29) is 12.1 Å². The maximum absolute atomic E-state index is 12.5. The third-order valence-corrected chi connectivity index (χ3v) is 4.60.